The summed E-state index contributed by atoms with van der Waals surface area (Å²) < 4.78 is 0. The highest BCUT2D eigenvalue weighted by molar-refractivity contribution is 5.78. The van der Waals surface area contributed by atoms with E-state index in [0.717, 1.165) is 19.4 Å². The summed E-state index contributed by atoms with van der Waals surface area (Å²) in [5, 5.41) is 12.2. The van der Waals surface area contributed by atoms with E-state index < -0.39 is 0 Å². The van der Waals surface area contributed by atoms with Crippen LogP contribution in [0.3, 0.4) is 0 Å². The molecule has 0 aromatic carbocycles. The van der Waals surface area contributed by atoms with Gasteiger partial charge in [0.1, 0.15) is 0 Å². The lowest BCUT2D eigenvalue weighted by Gasteiger charge is -2.23. The number of aliphatic hydroxyl groups excluding tert-OH is 1. The topological polar surface area (TPSA) is 52.6 Å². The van der Waals surface area contributed by atoms with Gasteiger partial charge in [0.2, 0.25) is 5.91 Å². The van der Waals surface area contributed by atoms with E-state index in [1.165, 1.54) is 0 Å². The maximum Gasteiger partial charge on any atom is 0.236 e. The normalized spacial score (nSPS) is 19.2. The maximum atomic E-state index is 11.9. The molecule has 0 spiro atoms. The Hall–Kier alpha value is -0.610. The average molecular weight is 228 g/mol. The molecule has 0 saturated heterocycles. The number of carbonyl (C=O) groups excluding carboxylic acids is 1. The summed E-state index contributed by atoms with van der Waals surface area (Å²) in [6, 6.07) is 0.664. The van der Waals surface area contributed by atoms with E-state index in [0.29, 0.717) is 12.6 Å². The van der Waals surface area contributed by atoms with Gasteiger partial charge in [-0.15, -0.1) is 0 Å². The molecular formula is C12H24N2O2. The molecule has 16 heavy (non-hydrogen) atoms. The first kappa shape index (κ1) is 13.5. The van der Waals surface area contributed by atoms with Crippen molar-refractivity contribution in [3.63, 3.8) is 0 Å². The van der Waals surface area contributed by atoms with Crippen LogP contribution in [-0.2, 0) is 4.79 Å². The van der Waals surface area contributed by atoms with Crippen LogP contribution in [0.15, 0.2) is 0 Å². The molecule has 0 aromatic rings. The Bertz CT molecular complexity index is 229. The Morgan fingerprint density at radius 1 is 1.50 bits per heavy atom. The Balaban J connectivity index is 2.27. The molecule has 0 aliphatic heterocycles. The van der Waals surface area contributed by atoms with Crippen molar-refractivity contribution >= 4 is 5.91 Å². The van der Waals surface area contributed by atoms with Crippen LogP contribution in [0.1, 0.15) is 33.6 Å². The van der Waals surface area contributed by atoms with Gasteiger partial charge in [0, 0.05) is 25.2 Å². The van der Waals surface area contributed by atoms with Gasteiger partial charge in [-0.1, -0.05) is 6.92 Å². The Morgan fingerprint density at radius 2 is 2.12 bits per heavy atom. The van der Waals surface area contributed by atoms with Gasteiger partial charge in [0.25, 0.3) is 0 Å². The van der Waals surface area contributed by atoms with Gasteiger partial charge < -0.3 is 15.3 Å². The molecule has 94 valence electrons. The highest BCUT2D eigenvalue weighted by atomic mass is 16.3. The molecule has 1 saturated carbocycles. The molecule has 1 aliphatic rings. The molecule has 1 rings (SSSR count). The maximum absolute atomic E-state index is 11.9. The van der Waals surface area contributed by atoms with Gasteiger partial charge in [-0.2, -0.15) is 0 Å². The zero-order chi connectivity index (χ0) is 12.1. The number of likely N-dealkylation sites (N-methyl/N-ethyl adjacent to an activating group) is 1. The highest BCUT2D eigenvalue weighted by Gasteiger charge is 2.31. The van der Waals surface area contributed by atoms with Crippen molar-refractivity contribution in [2.45, 2.75) is 45.7 Å². The molecule has 1 amide bonds. The van der Waals surface area contributed by atoms with Crippen LogP contribution in [0.25, 0.3) is 0 Å². The third-order valence-electron chi connectivity index (χ3n) is 3.37. The summed E-state index contributed by atoms with van der Waals surface area (Å²) in [6.07, 6.45) is 2.31. The lowest BCUT2D eigenvalue weighted by molar-refractivity contribution is -0.130. The van der Waals surface area contributed by atoms with E-state index in [2.05, 4.69) is 5.32 Å². The third-order valence-corrected chi connectivity index (χ3v) is 3.37. The van der Waals surface area contributed by atoms with Crippen LogP contribution in [0.2, 0.25) is 0 Å². The summed E-state index contributed by atoms with van der Waals surface area (Å²) >= 11 is 0. The fourth-order valence-corrected chi connectivity index (χ4v) is 1.73. The largest absolute Gasteiger partial charge is 0.396 e. The van der Waals surface area contributed by atoms with Crippen molar-refractivity contribution in [1.29, 1.82) is 0 Å². The van der Waals surface area contributed by atoms with Gasteiger partial charge in [-0.3, -0.25) is 4.79 Å². The van der Waals surface area contributed by atoms with E-state index in [1.54, 1.807) is 0 Å². The first-order valence-electron chi connectivity index (χ1n) is 6.23. The highest BCUT2D eigenvalue weighted by Crippen LogP contribution is 2.26. The standard InChI is InChI=1S/C12H24N2O2/c1-4-14(11-5-6-11)12(16)7-13-10(3)9(2)8-15/h9-11,13,15H,4-8H2,1-3H3. The minimum Gasteiger partial charge on any atom is -0.396 e. The van der Waals surface area contributed by atoms with Crippen molar-refractivity contribution in [3.8, 4) is 0 Å². The first-order valence-corrected chi connectivity index (χ1v) is 6.23. The van der Waals surface area contributed by atoms with Crippen LogP contribution in [-0.4, -0.2) is 47.7 Å². The molecule has 2 atom stereocenters. The Morgan fingerprint density at radius 3 is 2.56 bits per heavy atom. The molecule has 0 aromatic heterocycles. The van der Waals surface area contributed by atoms with Gasteiger partial charge in [-0.25, -0.2) is 0 Å². The van der Waals surface area contributed by atoms with E-state index in [1.807, 2.05) is 25.7 Å². The average Bonchev–Trinajstić information content (AvgIpc) is 3.10. The molecule has 0 heterocycles. The minimum atomic E-state index is 0.155. The van der Waals surface area contributed by atoms with Crippen LogP contribution >= 0.6 is 0 Å². The molecule has 4 heteroatoms. The van der Waals surface area contributed by atoms with E-state index in [4.69, 9.17) is 5.11 Å². The Kier molecular flexibility index (Phi) is 5.22. The molecule has 2 unspecified atom stereocenters. The smallest absolute Gasteiger partial charge is 0.236 e. The number of nitrogens with one attached hydrogen (secondary N) is 1. The van der Waals surface area contributed by atoms with Gasteiger partial charge in [0.05, 0.1) is 6.54 Å². The zero-order valence-corrected chi connectivity index (χ0v) is 10.6. The molecule has 0 bridgehead atoms. The number of hydrogen-bond acceptors (Lipinski definition) is 3. The summed E-state index contributed by atoms with van der Waals surface area (Å²) in [6.45, 7) is 7.34. The molecule has 2 N–H and O–H groups in total. The minimum absolute atomic E-state index is 0.155. The van der Waals surface area contributed by atoms with Crippen LogP contribution in [0.5, 0.6) is 0 Å². The lowest BCUT2D eigenvalue weighted by atomic mass is 10.1. The van der Waals surface area contributed by atoms with Crippen molar-refractivity contribution in [1.82, 2.24) is 10.2 Å². The van der Waals surface area contributed by atoms with Crippen molar-refractivity contribution < 1.29 is 9.90 Å². The number of aliphatic hydroxyl groups is 1. The van der Waals surface area contributed by atoms with Crippen molar-refractivity contribution in [2.24, 2.45) is 5.92 Å². The summed E-state index contributed by atoms with van der Waals surface area (Å²) in [5.74, 6) is 0.366. The molecular weight excluding hydrogens is 204 g/mol. The monoisotopic (exact) mass is 228 g/mol. The quantitative estimate of drug-likeness (QED) is 0.671. The van der Waals surface area contributed by atoms with Crippen molar-refractivity contribution in [2.75, 3.05) is 19.7 Å². The summed E-state index contributed by atoms with van der Waals surface area (Å²) in [7, 11) is 0. The van der Waals surface area contributed by atoms with E-state index in [9.17, 15) is 4.79 Å². The number of hydrogen-bond donors (Lipinski definition) is 2. The number of rotatable bonds is 7. The van der Waals surface area contributed by atoms with Gasteiger partial charge >= 0.3 is 0 Å². The fraction of sp³-hybridized carbons (Fsp3) is 0.917. The van der Waals surface area contributed by atoms with Gasteiger partial charge in [0.15, 0.2) is 0 Å². The number of carbonyl (C=O) groups is 1. The van der Waals surface area contributed by atoms with Gasteiger partial charge in [-0.05, 0) is 32.6 Å². The van der Waals surface area contributed by atoms with Crippen LogP contribution in [0, 0.1) is 5.92 Å². The second kappa shape index (κ2) is 6.21. The molecule has 0 radical (unpaired) electrons. The third kappa shape index (κ3) is 3.76. The predicted molar refractivity (Wildman–Crippen MR) is 64.1 cm³/mol. The predicted octanol–water partition coefficient (Wildman–Crippen LogP) is 0.604. The fourth-order valence-electron chi connectivity index (χ4n) is 1.73. The molecule has 1 aliphatic carbocycles. The first-order chi connectivity index (χ1) is 7.60. The number of amides is 1. The summed E-state index contributed by atoms with van der Waals surface area (Å²) in [4.78, 5) is 13.8. The zero-order valence-electron chi connectivity index (χ0n) is 10.6. The molecule has 4 nitrogen and oxygen atoms in total. The van der Waals surface area contributed by atoms with Crippen LogP contribution < -0.4 is 5.32 Å². The number of nitrogens with zero attached hydrogens (tertiary/aromatic N) is 1. The second-order valence-corrected chi connectivity index (χ2v) is 4.74. The van der Waals surface area contributed by atoms with Crippen molar-refractivity contribution in [3.05, 3.63) is 0 Å². The SMILES string of the molecule is CCN(C(=O)CNC(C)C(C)CO)C1CC1. The van der Waals surface area contributed by atoms with Crippen LogP contribution in [0.4, 0.5) is 0 Å². The Labute approximate surface area is 98.0 Å². The summed E-state index contributed by atoms with van der Waals surface area (Å²) in [5.41, 5.74) is 0. The second-order valence-electron chi connectivity index (χ2n) is 4.74. The van der Waals surface area contributed by atoms with E-state index in [-0.39, 0.29) is 24.5 Å². The lowest BCUT2D eigenvalue weighted by Crippen LogP contribution is -2.44. The van der Waals surface area contributed by atoms with E-state index >= 15 is 0 Å². The molecule has 1 fully saturated rings.